The second kappa shape index (κ2) is 5.11. The van der Waals surface area contributed by atoms with Crippen molar-refractivity contribution in [3.05, 3.63) is 62.0 Å². The SMILES string of the molecule is Brc1ccc(Cc2nc3ccc(Br)cc3s2)cc1. The zero-order valence-corrected chi connectivity index (χ0v) is 13.3. The highest BCUT2D eigenvalue weighted by Crippen LogP contribution is 2.27. The molecule has 3 rings (SSSR count). The van der Waals surface area contributed by atoms with Crippen LogP contribution in [0.5, 0.6) is 0 Å². The van der Waals surface area contributed by atoms with Gasteiger partial charge in [0.15, 0.2) is 0 Å². The van der Waals surface area contributed by atoms with Crippen molar-refractivity contribution < 1.29 is 0 Å². The Kier molecular flexibility index (Phi) is 3.50. The zero-order chi connectivity index (χ0) is 12.5. The van der Waals surface area contributed by atoms with Gasteiger partial charge in [-0.3, -0.25) is 0 Å². The lowest BCUT2D eigenvalue weighted by Crippen LogP contribution is -1.85. The van der Waals surface area contributed by atoms with Crippen molar-refractivity contribution >= 4 is 53.4 Å². The van der Waals surface area contributed by atoms with Gasteiger partial charge in [0.25, 0.3) is 0 Å². The van der Waals surface area contributed by atoms with Crippen LogP contribution in [0.4, 0.5) is 0 Å². The summed E-state index contributed by atoms with van der Waals surface area (Å²) in [5.41, 5.74) is 2.37. The molecule has 0 unspecified atom stereocenters. The maximum Gasteiger partial charge on any atom is 0.0982 e. The van der Waals surface area contributed by atoms with E-state index in [1.54, 1.807) is 11.3 Å². The number of benzene rings is 2. The predicted molar refractivity (Wildman–Crippen MR) is 84.3 cm³/mol. The topological polar surface area (TPSA) is 12.9 Å². The van der Waals surface area contributed by atoms with Gasteiger partial charge in [0.05, 0.1) is 15.2 Å². The summed E-state index contributed by atoms with van der Waals surface area (Å²) in [7, 11) is 0. The highest BCUT2D eigenvalue weighted by Gasteiger charge is 2.05. The fourth-order valence-electron chi connectivity index (χ4n) is 1.80. The van der Waals surface area contributed by atoms with Crippen LogP contribution in [0.3, 0.4) is 0 Å². The van der Waals surface area contributed by atoms with Crippen LogP contribution in [-0.2, 0) is 6.42 Å². The molecule has 1 aromatic heterocycles. The second-order valence-electron chi connectivity index (χ2n) is 4.02. The van der Waals surface area contributed by atoms with E-state index in [2.05, 4.69) is 73.2 Å². The lowest BCUT2D eigenvalue weighted by molar-refractivity contribution is 1.15. The van der Waals surface area contributed by atoms with Crippen molar-refractivity contribution in [2.24, 2.45) is 0 Å². The predicted octanol–water partition coefficient (Wildman–Crippen LogP) is 5.41. The van der Waals surface area contributed by atoms with Crippen molar-refractivity contribution in [2.75, 3.05) is 0 Å². The van der Waals surface area contributed by atoms with Gasteiger partial charge in [0.1, 0.15) is 0 Å². The number of aromatic nitrogens is 1. The first kappa shape index (κ1) is 12.3. The molecule has 0 bridgehead atoms. The molecule has 0 aliphatic heterocycles. The summed E-state index contributed by atoms with van der Waals surface area (Å²) < 4.78 is 3.45. The molecular weight excluding hydrogens is 374 g/mol. The lowest BCUT2D eigenvalue weighted by atomic mass is 10.2. The van der Waals surface area contributed by atoms with Crippen LogP contribution in [0.15, 0.2) is 51.4 Å². The highest BCUT2D eigenvalue weighted by molar-refractivity contribution is 9.10. The van der Waals surface area contributed by atoms with Gasteiger partial charge in [-0.25, -0.2) is 4.98 Å². The van der Waals surface area contributed by atoms with E-state index in [9.17, 15) is 0 Å². The smallest absolute Gasteiger partial charge is 0.0982 e. The number of hydrogen-bond donors (Lipinski definition) is 0. The molecule has 1 heterocycles. The molecule has 0 radical (unpaired) electrons. The van der Waals surface area contributed by atoms with E-state index in [0.29, 0.717) is 0 Å². The van der Waals surface area contributed by atoms with Gasteiger partial charge in [0.2, 0.25) is 0 Å². The van der Waals surface area contributed by atoms with Gasteiger partial charge in [-0.2, -0.15) is 0 Å². The van der Waals surface area contributed by atoms with Crippen LogP contribution >= 0.6 is 43.2 Å². The van der Waals surface area contributed by atoms with Crippen LogP contribution < -0.4 is 0 Å². The van der Waals surface area contributed by atoms with Gasteiger partial charge in [-0.15, -0.1) is 11.3 Å². The van der Waals surface area contributed by atoms with Crippen molar-refractivity contribution in [3.63, 3.8) is 0 Å². The van der Waals surface area contributed by atoms with E-state index in [0.717, 1.165) is 25.9 Å². The summed E-state index contributed by atoms with van der Waals surface area (Å²) in [5, 5.41) is 1.16. The monoisotopic (exact) mass is 381 g/mol. The van der Waals surface area contributed by atoms with E-state index in [4.69, 9.17) is 0 Å². The Morgan fingerprint density at radius 1 is 0.944 bits per heavy atom. The molecule has 0 amide bonds. The van der Waals surface area contributed by atoms with E-state index < -0.39 is 0 Å². The van der Waals surface area contributed by atoms with Crippen molar-refractivity contribution in [1.29, 1.82) is 0 Å². The Labute approximate surface area is 126 Å². The summed E-state index contributed by atoms with van der Waals surface area (Å²) >= 11 is 8.70. The fraction of sp³-hybridized carbons (Fsp3) is 0.0714. The molecule has 0 atom stereocenters. The molecular formula is C14H9Br2NS. The molecule has 0 aliphatic rings. The lowest BCUT2D eigenvalue weighted by Gasteiger charge is -1.97. The third-order valence-corrected chi connectivity index (χ3v) is 4.70. The Balaban J connectivity index is 1.92. The number of halogens is 2. The Hall–Kier alpha value is -0.710. The molecule has 0 N–H and O–H groups in total. The average Bonchev–Trinajstić information content (AvgIpc) is 2.73. The van der Waals surface area contributed by atoms with Crippen molar-refractivity contribution in [1.82, 2.24) is 4.98 Å². The first-order chi connectivity index (χ1) is 8.70. The number of fused-ring (bicyclic) bond motifs is 1. The number of hydrogen-bond acceptors (Lipinski definition) is 2. The summed E-state index contributed by atoms with van der Waals surface area (Å²) in [6.45, 7) is 0. The van der Waals surface area contributed by atoms with Crippen LogP contribution in [0, 0.1) is 0 Å². The van der Waals surface area contributed by atoms with Gasteiger partial charge >= 0.3 is 0 Å². The number of rotatable bonds is 2. The summed E-state index contributed by atoms with van der Waals surface area (Å²) in [6, 6.07) is 14.6. The van der Waals surface area contributed by atoms with E-state index in [1.165, 1.54) is 10.3 Å². The highest BCUT2D eigenvalue weighted by atomic mass is 79.9. The second-order valence-corrected chi connectivity index (χ2v) is 6.97. The van der Waals surface area contributed by atoms with E-state index >= 15 is 0 Å². The van der Waals surface area contributed by atoms with Crippen molar-refractivity contribution in [3.8, 4) is 0 Å². The minimum Gasteiger partial charge on any atom is -0.241 e. The molecule has 0 saturated carbocycles. The van der Waals surface area contributed by atoms with Crippen LogP contribution in [0.1, 0.15) is 10.6 Å². The Morgan fingerprint density at radius 3 is 2.44 bits per heavy atom. The van der Waals surface area contributed by atoms with Gasteiger partial charge in [0, 0.05) is 15.4 Å². The molecule has 90 valence electrons. The molecule has 4 heteroatoms. The normalized spacial score (nSPS) is 11.0. The third kappa shape index (κ3) is 2.66. The zero-order valence-electron chi connectivity index (χ0n) is 9.36. The van der Waals surface area contributed by atoms with Crippen LogP contribution in [0.25, 0.3) is 10.2 Å². The largest absolute Gasteiger partial charge is 0.241 e. The molecule has 0 saturated heterocycles. The van der Waals surface area contributed by atoms with Gasteiger partial charge in [-0.1, -0.05) is 44.0 Å². The number of nitrogens with zero attached hydrogens (tertiary/aromatic N) is 1. The minimum atomic E-state index is 0.893. The van der Waals surface area contributed by atoms with E-state index in [1.807, 2.05) is 6.07 Å². The maximum atomic E-state index is 4.66. The quantitative estimate of drug-likeness (QED) is 0.577. The Morgan fingerprint density at radius 2 is 1.67 bits per heavy atom. The number of thiazole rings is 1. The average molecular weight is 383 g/mol. The molecule has 1 nitrogen and oxygen atoms in total. The standard InChI is InChI=1S/C14H9Br2NS/c15-10-3-1-9(2-4-10)7-14-17-12-6-5-11(16)8-13(12)18-14/h1-6,8H,7H2. The van der Waals surface area contributed by atoms with E-state index in [-0.39, 0.29) is 0 Å². The molecule has 18 heavy (non-hydrogen) atoms. The third-order valence-electron chi connectivity index (χ3n) is 2.66. The summed E-state index contributed by atoms with van der Waals surface area (Å²) in [6.07, 6.45) is 0.893. The van der Waals surface area contributed by atoms with Gasteiger partial charge < -0.3 is 0 Å². The Bertz CT molecular complexity index is 689. The maximum absolute atomic E-state index is 4.66. The molecule has 0 spiro atoms. The first-order valence-electron chi connectivity index (χ1n) is 5.50. The van der Waals surface area contributed by atoms with Gasteiger partial charge in [-0.05, 0) is 35.9 Å². The fourth-order valence-corrected chi connectivity index (χ4v) is 3.62. The minimum absolute atomic E-state index is 0.893. The molecule has 0 aliphatic carbocycles. The molecule has 0 fully saturated rings. The van der Waals surface area contributed by atoms with Crippen LogP contribution in [0.2, 0.25) is 0 Å². The molecule has 2 aromatic carbocycles. The van der Waals surface area contributed by atoms with Crippen molar-refractivity contribution in [2.45, 2.75) is 6.42 Å². The first-order valence-corrected chi connectivity index (χ1v) is 7.90. The summed E-state index contributed by atoms with van der Waals surface area (Å²) in [4.78, 5) is 4.66. The summed E-state index contributed by atoms with van der Waals surface area (Å²) in [5.74, 6) is 0. The molecule has 3 aromatic rings. The van der Waals surface area contributed by atoms with Crippen LogP contribution in [-0.4, -0.2) is 4.98 Å².